The number of nitrogens with zero attached hydrogens (tertiary/aromatic N) is 3. The standard InChI is InChI=1S/C19H23ClN2O2S.C18H13ClF3NO7.C5H12NO4P/c1-2-3-4-5-6-10-13-25-19(23)24-16-14-17(20)21-22-18(16)15-11-8-7-9-12-15;1-2-28-16(24)9-29-17(25)12-8-11(4-5-14(12)23(26)27)30-15-6-3-10(7-13(15)19)18(20,21)22;1-11(9,10)3-2-4(6)5(7)8/h7-9,11-12,14H,2-6,10,13H2,1H3;3-8H,2,9H2,1H3;4H,2-3,6H2,1H3,(H,7,8)(H,9,10). The second-order valence-corrected chi connectivity index (χ2v) is 18.2. The number of ether oxygens (including phenoxy) is 4. The van der Waals surface area contributed by atoms with Crippen molar-refractivity contribution in [1.29, 1.82) is 0 Å². The molecule has 4 rings (SSSR count). The summed E-state index contributed by atoms with van der Waals surface area (Å²) in [5.74, 6) is -2.39. The van der Waals surface area contributed by atoms with Gasteiger partial charge in [0, 0.05) is 42.3 Å². The summed E-state index contributed by atoms with van der Waals surface area (Å²) >= 11 is 12.9. The van der Waals surface area contributed by atoms with Gasteiger partial charge in [-0.25, -0.2) is 14.4 Å². The molecule has 360 valence electrons. The van der Waals surface area contributed by atoms with Crippen molar-refractivity contribution in [2.75, 3.05) is 31.8 Å². The first-order valence-corrected chi connectivity index (χ1v) is 24.0. The van der Waals surface area contributed by atoms with Crippen LogP contribution in [0, 0.1) is 10.1 Å². The van der Waals surface area contributed by atoms with Crippen LogP contribution >= 0.6 is 42.3 Å². The van der Waals surface area contributed by atoms with Gasteiger partial charge in [0.1, 0.15) is 28.8 Å². The van der Waals surface area contributed by atoms with Crippen LogP contribution in [0.2, 0.25) is 10.2 Å². The van der Waals surface area contributed by atoms with Gasteiger partial charge in [0.25, 0.3) is 5.69 Å². The quantitative estimate of drug-likeness (QED) is 0.0244. The van der Waals surface area contributed by atoms with Crippen molar-refractivity contribution < 1.29 is 70.8 Å². The van der Waals surface area contributed by atoms with Crippen LogP contribution in [-0.4, -0.2) is 86.2 Å². The molecular weight excluding hydrogens is 959 g/mol. The lowest BCUT2D eigenvalue weighted by Gasteiger charge is -2.12. The van der Waals surface area contributed by atoms with Crippen LogP contribution in [0.1, 0.15) is 74.7 Å². The number of carbonyl (C=O) groups is 4. The van der Waals surface area contributed by atoms with E-state index in [1.54, 1.807) is 0 Å². The normalized spacial score (nSPS) is 12.2. The van der Waals surface area contributed by atoms with E-state index in [1.807, 2.05) is 30.3 Å². The highest BCUT2D eigenvalue weighted by atomic mass is 35.5. The average molecular weight is 1010 g/mol. The first kappa shape index (κ1) is 56.8. The second kappa shape index (κ2) is 28.7. The molecule has 17 nitrogen and oxygen atoms in total. The Hall–Kier alpha value is -5.31. The van der Waals surface area contributed by atoms with Gasteiger partial charge in [-0.2, -0.15) is 13.2 Å². The molecule has 1 heterocycles. The number of nitro benzene ring substituents is 1. The number of carbonyl (C=O) groups excluding carboxylic acids is 3. The zero-order valence-electron chi connectivity index (χ0n) is 35.8. The number of rotatable bonds is 20. The zero-order valence-corrected chi connectivity index (χ0v) is 39.1. The maximum Gasteiger partial charge on any atom is 0.416 e. The van der Waals surface area contributed by atoms with Crippen molar-refractivity contribution >= 4 is 71.2 Å². The average Bonchev–Trinajstić information content (AvgIpc) is 3.25. The number of carboxylic acids is 1. The van der Waals surface area contributed by atoms with E-state index < -0.39 is 65.8 Å². The molecule has 0 radical (unpaired) electrons. The highest BCUT2D eigenvalue weighted by Gasteiger charge is 2.31. The summed E-state index contributed by atoms with van der Waals surface area (Å²) in [5, 5.41) is 26.9. The smallest absolute Gasteiger partial charge is 0.416 e. The third kappa shape index (κ3) is 21.8. The van der Waals surface area contributed by atoms with E-state index in [0.717, 1.165) is 54.5 Å². The van der Waals surface area contributed by atoms with Gasteiger partial charge < -0.3 is 34.7 Å². The first-order chi connectivity index (χ1) is 31.1. The number of alkyl halides is 3. The summed E-state index contributed by atoms with van der Waals surface area (Å²) in [4.78, 5) is 64.7. The van der Waals surface area contributed by atoms with Gasteiger partial charge in [0.2, 0.25) is 0 Å². The number of thioether (sulfide) groups is 1. The number of esters is 2. The monoisotopic (exact) mass is 1010 g/mol. The van der Waals surface area contributed by atoms with Crippen LogP contribution in [-0.2, 0) is 29.8 Å². The van der Waals surface area contributed by atoms with Crippen LogP contribution < -0.4 is 15.2 Å². The van der Waals surface area contributed by atoms with Crippen molar-refractivity contribution in [1.82, 2.24) is 10.2 Å². The molecule has 0 amide bonds. The molecule has 4 aromatic rings. The molecule has 0 fully saturated rings. The maximum atomic E-state index is 12.7. The van der Waals surface area contributed by atoms with Gasteiger partial charge in [0.15, 0.2) is 24.9 Å². The Morgan fingerprint density at radius 3 is 2.18 bits per heavy atom. The fourth-order valence-electron chi connectivity index (χ4n) is 5.08. The molecule has 0 aliphatic rings. The van der Waals surface area contributed by atoms with E-state index in [2.05, 4.69) is 21.9 Å². The molecule has 0 bridgehead atoms. The molecule has 1 aromatic heterocycles. The number of nitrogens with two attached hydrogens (primary N) is 1. The lowest BCUT2D eigenvalue weighted by atomic mass is 10.1. The molecule has 2 atom stereocenters. The number of benzene rings is 3. The van der Waals surface area contributed by atoms with Crippen molar-refractivity contribution in [2.24, 2.45) is 5.73 Å². The van der Waals surface area contributed by atoms with Crippen LogP contribution in [0.15, 0.2) is 72.8 Å². The lowest BCUT2D eigenvalue weighted by molar-refractivity contribution is -0.385. The third-order valence-electron chi connectivity index (χ3n) is 8.36. The lowest BCUT2D eigenvalue weighted by Crippen LogP contribution is -2.30. The van der Waals surface area contributed by atoms with Crippen molar-refractivity contribution in [3.63, 3.8) is 0 Å². The van der Waals surface area contributed by atoms with E-state index in [1.165, 1.54) is 57.1 Å². The molecule has 4 N–H and O–H groups in total. The number of halogens is 5. The van der Waals surface area contributed by atoms with Gasteiger partial charge in [-0.15, -0.1) is 10.2 Å². The Balaban J connectivity index is 0.000000375. The van der Waals surface area contributed by atoms with E-state index >= 15 is 0 Å². The second-order valence-electron chi connectivity index (χ2n) is 13.8. The summed E-state index contributed by atoms with van der Waals surface area (Å²) in [6.45, 7) is 4.21. The third-order valence-corrected chi connectivity index (χ3v) is 10.7. The molecule has 0 aliphatic carbocycles. The number of hydrogen-bond donors (Lipinski definition) is 3. The number of aromatic nitrogens is 2. The summed E-state index contributed by atoms with van der Waals surface area (Å²) in [6.07, 6.45) is 2.59. The van der Waals surface area contributed by atoms with Gasteiger partial charge in [0.05, 0.1) is 22.1 Å². The molecule has 3 aromatic carbocycles. The maximum absolute atomic E-state index is 12.7. The Labute approximate surface area is 392 Å². The van der Waals surface area contributed by atoms with E-state index in [-0.39, 0.29) is 46.2 Å². The fourth-order valence-corrected chi connectivity index (χ4v) is 6.86. The summed E-state index contributed by atoms with van der Waals surface area (Å²) in [5.41, 5.74) is 4.27. The molecule has 24 heteroatoms. The minimum Gasteiger partial charge on any atom is -0.480 e. The first-order valence-electron chi connectivity index (χ1n) is 19.9. The van der Waals surface area contributed by atoms with Crippen LogP contribution in [0.25, 0.3) is 11.3 Å². The summed E-state index contributed by atoms with van der Waals surface area (Å²) in [7, 11) is -3.10. The Bertz CT molecular complexity index is 2290. The molecule has 0 aliphatic heterocycles. The number of aliphatic carboxylic acids is 1. The van der Waals surface area contributed by atoms with Crippen LogP contribution in [0.4, 0.5) is 23.7 Å². The van der Waals surface area contributed by atoms with Crippen LogP contribution in [0.5, 0.6) is 17.2 Å². The molecule has 0 saturated carbocycles. The molecule has 0 saturated heterocycles. The van der Waals surface area contributed by atoms with Crippen LogP contribution in [0.3, 0.4) is 0 Å². The highest BCUT2D eigenvalue weighted by Crippen LogP contribution is 2.38. The molecule has 66 heavy (non-hydrogen) atoms. The zero-order chi connectivity index (χ0) is 49.5. The van der Waals surface area contributed by atoms with Gasteiger partial charge in [-0.1, -0.05) is 92.6 Å². The van der Waals surface area contributed by atoms with E-state index in [4.69, 9.17) is 53.1 Å². The van der Waals surface area contributed by atoms with Gasteiger partial charge in [-0.3, -0.25) is 19.5 Å². The largest absolute Gasteiger partial charge is 0.480 e. The molecular formula is C42H48Cl2F3N4O13PS. The number of hydrogen-bond acceptors (Lipinski definition) is 15. The highest BCUT2D eigenvalue weighted by molar-refractivity contribution is 8.13. The van der Waals surface area contributed by atoms with Crippen molar-refractivity contribution in [3.8, 4) is 28.5 Å². The molecule has 0 spiro atoms. The van der Waals surface area contributed by atoms with Crippen molar-refractivity contribution in [2.45, 2.75) is 71.0 Å². The van der Waals surface area contributed by atoms with E-state index in [9.17, 15) is 47.0 Å². The minimum absolute atomic E-state index is 0.0412. The number of nitro groups is 1. The summed E-state index contributed by atoms with van der Waals surface area (Å²) in [6, 6.07) is 15.3. The summed E-state index contributed by atoms with van der Waals surface area (Å²) < 4.78 is 68.9. The van der Waals surface area contributed by atoms with Crippen molar-refractivity contribution in [3.05, 3.63) is 104 Å². The molecule has 2 unspecified atom stereocenters. The van der Waals surface area contributed by atoms with Gasteiger partial charge >= 0.3 is 29.4 Å². The Kier molecular flexibility index (Phi) is 24.7. The predicted molar refractivity (Wildman–Crippen MR) is 242 cm³/mol. The SMILES string of the molecule is CCCCCCCCSC(=O)Oc1cc(Cl)nnc1-c1ccccc1.CCOC(=O)COC(=O)c1cc(Oc2ccc(C(F)(F)F)cc2Cl)ccc1[N+](=O)[O-].CP(=O)(O)CCC(N)C(=O)O. The topological polar surface area (TPSA) is 258 Å². The Morgan fingerprint density at radius 2 is 1.59 bits per heavy atom. The number of carboxylic acid groups (broad SMARTS) is 1. The minimum atomic E-state index is -4.61. The fraction of sp³-hybridized carbons (Fsp3) is 0.381. The Morgan fingerprint density at radius 1 is 0.924 bits per heavy atom. The van der Waals surface area contributed by atoms with Gasteiger partial charge in [-0.05, 0) is 55.8 Å². The number of unbranched alkanes of at least 4 members (excludes halogenated alkanes) is 5. The predicted octanol–water partition coefficient (Wildman–Crippen LogP) is 10.9. The van der Waals surface area contributed by atoms with E-state index in [0.29, 0.717) is 17.5 Å².